The molecule has 1 amide bonds. The highest BCUT2D eigenvalue weighted by molar-refractivity contribution is 7.92. The lowest BCUT2D eigenvalue weighted by Gasteiger charge is -2.23. The van der Waals surface area contributed by atoms with Crippen LogP contribution < -0.4 is 0 Å². The summed E-state index contributed by atoms with van der Waals surface area (Å²) in [7, 11) is -2.28. The summed E-state index contributed by atoms with van der Waals surface area (Å²) in [6, 6.07) is 0. The van der Waals surface area contributed by atoms with Gasteiger partial charge in [-0.05, 0) is 25.8 Å². The maximum absolute atomic E-state index is 12.7. The van der Waals surface area contributed by atoms with Crippen LogP contribution in [0.1, 0.15) is 33.6 Å². The van der Waals surface area contributed by atoms with Crippen LogP contribution in [-0.2, 0) is 14.7 Å². The second kappa shape index (κ2) is 8.85. The van der Waals surface area contributed by atoms with Crippen molar-refractivity contribution < 1.29 is 22.2 Å². The van der Waals surface area contributed by atoms with E-state index in [1.807, 2.05) is 6.92 Å². The first kappa shape index (κ1) is 21.4. The van der Waals surface area contributed by atoms with Gasteiger partial charge in [0.15, 0.2) is 0 Å². The first-order valence-corrected chi connectivity index (χ1v) is 8.62. The first-order valence-electron chi connectivity index (χ1n) is 6.98. The quantitative estimate of drug-likeness (QED) is 0.415. The molecule has 0 aliphatic rings. The number of hydrogen-bond donors (Lipinski definition) is 0. The Kier molecular flexibility index (Phi) is 8.22. The van der Waals surface area contributed by atoms with Crippen molar-refractivity contribution in [2.75, 3.05) is 12.8 Å². The molecule has 132 valence electrons. The van der Waals surface area contributed by atoms with Gasteiger partial charge in [0, 0.05) is 7.05 Å². The largest absolute Gasteiger partial charge is 0.474 e. The van der Waals surface area contributed by atoms with Crippen LogP contribution in [0.5, 0.6) is 0 Å². The molecule has 0 aromatic heterocycles. The highest BCUT2D eigenvalue weighted by Crippen LogP contribution is 2.19. The van der Waals surface area contributed by atoms with E-state index in [1.165, 1.54) is 14.0 Å². The predicted molar refractivity (Wildman–Crippen MR) is 86.2 cm³/mol. The lowest BCUT2D eigenvalue weighted by Crippen LogP contribution is -2.35. The molecule has 0 N–H and O–H groups in total. The third kappa shape index (κ3) is 6.98. The lowest BCUT2D eigenvalue weighted by atomic mass is 10.3. The summed E-state index contributed by atoms with van der Waals surface area (Å²) in [5.41, 5.74) is 0.358. The average molecular weight is 353 g/mol. The van der Waals surface area contributed by atoms with Crippen molar-refractivity contribution in [1.82, 2.24) is 4.31 Å². The number of carbonyl (C=O) groups is 1. The molecular weight excluding hydrogens is 331 g/mol. The van der Waals surface area contributed by atoms with Crippen molar-refractivity contribution in [3.63, 3.8) is 0 Å². The molecule has 0 rings (SSSR count). The van der Waals surface area contributed by atoms with Gasteiger partial charge >= 0.3 is 12.1 Å². The predicted octanol–water partition coefficient (Wildman–Crippen LogP) is 3.70. The number of nitrogens with zero attached hydrogens (tertiary/aromatic N) is 3. The van der Waals surface area contributed by atoms with Crippen LogP contribution in [0.15, 0.2) is 33.8 Å². The monoisotopic (exact) mass is 353 g/mol. The van der Waals surface area contributed by atoms with Gasteiger partial charge in [0.25, 0.3) is 0 Å². The Morgan fingerprint density at radius 1 is 1.35 bits per heavy atom. The SMILES string of the molecule is C=C(/C=C\CC)N=C(C)N(C)S(=O)(CCC)=NC(=O)C(F)(F)F. The molecule has 0 saturated carbocycles. The second-order valence-electron chi connectivity index (χ2n) is 4.66. The molecule has 0 bridgehead atoms. The van der Waals surface area contributed by atoms with Gasteiger partial charge in [-0.3, -0.25) is 9.10 Å². The van der Waals surface area contributed by atoms with E-state index >= 15 is 0 Å². The molecule has 0 radical (unpaired) electrons. The van der Waals surface area contributed by atoms with Gasteiger partial charge in [-0.1, -0.05) is 26.5 Å². The molecule has 0 spiro atoms. The van der Waals surface area contributed by atoms with E-state index in [4.69, 9.17) is 0 Å². The fraction of sp³-hybridized carbons (Fsp3) is 0.571. The number of hydrogen-bond acceptors (Lipinski definition) is 3. The molecule has 0 fully saturated rings. The number of aliphatic imine (C=N–C) groups is 1. The maximum atomic E-state index is 12.7. The third-order valence-corrected chi connectivity index (χ3v) is 5.18. The van der Waals surface area contributed by atoms with Crippen LogP contribution >= 0.6 is 0 Å². The number of carbonyl (C=O) groups excluding carboxylic acids is 1. The van der Waals surface area contributed by atoms with E-state index in [0.29, 0.717) is 12.1 Å². The number of halogens is 3. The Labute approximate surface area is 135 Å². The topological polar surface area (TPSA) is 62.1 Å². The third-order valence-electron chi connectivity index (χ3n) is 2.67. The Morgan fingerprint density at radius 2 is 1.91 bits per heavy atom. The number of alkyl halides is 3. The minimum absolute atomic E-state index is 0.160. The van der Waals surface area contributed by atoms with Crippen LogP contribution in [0.3, 0.4) is 0 Å². The molecule has 0 aliphatic carbocycles. The molecule has 0 aromatic rings. The lowest BCUT2D eigenvalue weighted by molar-refractivity contribution is -0.169. The second-order valence-corrected chi connectivity index (χ2v) is 7.02. The van der Waals surface area contributed by atoms with Crippen molar-refractivity contribution in [3.8, 4) is 0 Å². The van der Waals surface area contributed by atoms with Crippen molar-refractivity contribution in [2.24, 2.45) is 9.36 Å². The van der Waals surface area contributed by atoms with Crippen LogP contribution in [-0.4, -0.2) is 39.2 Å². The van der Waals surface area contributed by atoms with Gasteiger partial charge in [-0.2, -0.15) is 13.2 Å². The highest BCUT2D eigenvalue weighted by atomic mass is 32.2. The van der Waals surface area contributed by atoms with Gasteiger partial charge in [-0.25, -0.2) is 9.20 Å². The van der Waals surface area contributed by atoms with E-state index in [9.17, 15) is 22.2 Å². The average Bonchev–Trinajstić information content (AvgIpc) is 2.43. The standard InChI is InChI=1S/C14H22F3N3O2S/c1-6-8-9-11(3)18-12(4)20(5)23(22,10-7-2)19-13(21)14(15,16)17/h8-9H,3,6-7,10H2,1-2,4-5H3/b9-8-,18-12?. The molecule has 0 aliphatic heterocycles. The van der Waals surface area contributed by atoms with Gasteiger partial charge in [0.1, 0.15) is 15.8 Å². The van der Waals surface area contributed by atoms with E-state index in [1.54, 1.807) is 19.1 Å². The molecule has 23 heavy (non-hydrogen) atoms. The van der Waals surface area contributed by atoms with E-state index in [0.717, 1.165) is 10.7 Å². The van der Waals surface area contributed by atoms with E-state index in [2.05, 4.69) is 15.9 Å². The van der Waals surface area contributed by atoms with Crippen LogP contribution in [0, 0.1) is 0 Å². The summed E-state index contributed by atoms with van der Waals surface area (Å²) in [4.78, 5) is 15.1. The summed E-state index contributed by atoms with van der Waals surface area (Å²) < 4.78 is 53.8. The van der Waals surface area contributed by atoms with Crippen molar-refractivity contribution >= 4 is 21.7 Å². The summed E-state index contributed by atoms with van der Waals surface area (Å²) in [5.74, 6) is -2.39. The molecule has 1 atom stereocenters. The molecule has 1 unspecified atom stereocenters. The summed E-state index contributed by atoms with van der Waals surface area (Å²) in [6.07, 6.45) is -0.653. The highest BCUT2D eigenvalue weighted by Gasteiger charge is 2.40. The summed E-state index contributed by atoms with van der Waals surface area (Å²) in [6.45, 7) is 8.69. The normalized spacial score (nSPS) is 15.3. The van der Waals surface area contributed by atoms with Gasteiger partial charge in [0.2, 0.25) is 0 Å². The smallest absolute Gasteiger partial charge is 0.276 e. The van der Waals surface area contributed by atoms with Crippen molar-refractivity contribution in [3.05, 3.63) is 24.4 Å². The van der Waals surface area contributed by atoms with Gasteiger partial charge in [-0.15, -0.1) is 4.36 Å². The zero-order chi connectivity index (χ0) is 18.3. The zero-order valence-corrected chi connectivity index (χ0v) is 14.5. The van der Waals surface area contributed by atoms with Gasteiger partial charge < -0.3 is 0 Å². The van der Waals surface area contributed by atoms with Crippen LogP contribution in [0.25, 0.3) is 0 Å². The van der Waals surface area contributed by atoms with E-state index in [-0.39, 0.29) is 11.6 Å². The summed E-state index contributed by atoms with van der Waals surface area (Å²) >= 11 is 0. The Morgan fingerprint density at radius 3 is 2.35 bits per heavy atom. The molecule has 0 saturated heterocycles. The summed E-state index contributed by atoms with van der Waals surface area (Å²) in [5, 5.41) is 0. The zero-order valence-electron chi connectivity index (χ0n) is 13.7. The first-order chi connectivity index (χ1) is 10.5. The van der Waals surface area contributed by atoms with Crippen molar-refractivity contribution in [2.45, 2.75) is 39.8 Å². The maximum Gasteiger partial charge on any atom is 0.474 e. The molecule has 5 nitrogen and oxygen atoms in total. The Balaban J connectivity index is 5.70. The minimum Gasteiger partial charge on any atom is -0.276 e. The fourth-order valence-electron chi connectivity index (χ4n) is 1.47. The van der Waals surface area contributed by atoms with Crippen molar-refractivity contribution in [1.29, 1.82) is 0 Å². The molecule has 0 heterocycles. The molecular formula is C14H22F3N3O2S. The van der Waals surface area contributed by atoms with Gasteiger partial charge in [0.05, 0.1) is 11.4 Å². The van der Waals surface area contributed by atoms with E-state index < -0.39 is 22.0 Å². The Hall–Kier alpha value is -1.64. The number of amidine groups is 1. The fourth-order valence-corrected chi connectivity index (χ4v) is 3.30. The number of amides is 1. The van der Waals surface area contributed by atoms with Crippen LogP contribution in [0.2, 0.25) is 0 Å². The van der Waals surface area contributed by atoms with Crippen LogP contribution in [0.4, 0.5) is 13.2 Å². The number of rotatable bonds is 6. The Bertz CT molecular complexity index is 615. The number of allylic oxidation sites excluding steroid dienone is 2. The molecule has 9 heteroatoms. The molecule has 0 aromatic carbocycles. The minimum atomic E-state index is -5.16.